The minimum absolute atomic E-state index is 0.00159. The predicted octanol–water partition coefficient (Wildman–Crippen LogP) is 4.47. The summed E-state index contributed by atoms with van der Waals surface area (Å²) in [4.78, 5) is 2.51. The first kappa shape index (κ1) is 13.5. The van der Waals surface area contributed by atoms with Crippen LogP contribution in [0.2, 0.25) is 5.02 Å². The van der Waals surface area contributed by atoms with Crippen LogP contribution >= 0.6 is 22.9 Å². The number of rotatable bonds is 3. The third kappa shape index (κ3) is 2.58. The Balaban J connectivity index is 2.45. The van der Waals surface area contributed by atoms with Gasteiger partial charge in [-0.15, -0.1) is 11.3 Å². The Kier molecular flexibility index (Phi) is 4.05. The van der Waals surface area contributed by atoms with E-state index in [9.17, 15) is 4.39 Å². The fourth-order valence-electron chi connectivity index (χ4n) is 2.13. The summed E-state index contributed by atoms with van der Waals surface area (Å²) in [6, 6.07) is 7.11. The smallest absolute Gasteiger partial charge is 0.142 e. The van der Waals surface area contributed by atoms with Gasteiger partial charge in [-0.1, -0.05) is 17.7 Å². The number of halogens is 2. The monoisotopic (exact) mass is 283 g/mol. The molecule has 0 saturated heterocycles. The molecule has 1 aromatic carbocycles. The predicted molar refractivity (Wildman–Crippen MR) is 76.1 cm³/mol. The van der Waals surface area contributed by atoms with Crippen LogP contribution < -0.4 is 5.32 Å². The molecule has 0 aliphatic rings. The number of hydrogen-bond donors (Lipinski definition) is 1. The normalized spacial score (nSPS) is 12.7. The SMILES string of the molecule is CNC(c1ccc(Cl)c(F)c1)c1cc(C)sc1C. The van der Waals surface area contributed by atoms with Crippen molar-refractivity contribution in [1.82, 2.24) is 5.32 Å². The van der Waals surface area contributed by atoms with Gasteiger partial charge in [-0.3, -0.25) is 0 Å². The minimum Gasteiger partial charge on any atom is -0.309 e. The van der Waals surface area contributed by atoms with Crippen LogP contribution in [0.4, 0.5) is 4.39 Å². The van der Waals surface area contributed by atoms with Crippen LogP contribution in [0.15, 0.2) is 24.3 Å². The van der Waals surface area contributed by atoms with E-state index in [-0.39, 0.29) is 16.9 Å². The van der Waals surface area contributed by atoms with Crippen molar-refractivity contribution in [2.24, 2.45) is 0 Å². The fraction of sp³-hybridized carbons (Fsp3) is 0.286. The molecule has 1 unspecified atom stereocenters. The molecule has 2 rings (SSSR count). The number of hydrogen-bond acceptors (Lipinski definition) is 2. The quantitative estimate of drug-likeness (QED) is 0.876. The summed E-state index contributed by atoms with van der Waals surface area (Å²) >= 11 is 7.47. The van der Waals surface area contributed by atoms with E-state index < -0.39 is 0 Å². The van der Waals surface area contributed by atoms with Gasteiger partial charge in [0.1, 0.15) is 5.82 Å². The van der Waals surface area contributed by atoms with Crippen LogP contribution in [-0.4, -0.2) is 7.05 Å². The first-order valence-electron chi connectivity index (χ1n) is 5.72. The molecule has 1 heterocycles. The molecule has 2 aromatic rings. The van der Waals surface area contributed by atoms with Crippen molar-refractivity contribution in [3.63, 3.8) is 0 Å². The van der Waals surface area contributed by atoms with Crippen LogP contribution in [0, 0.1) is 19.7 Å². The van der Waals surface area contributed by atoms with Gasteiger partial charge in [-0.05, 0) is 50.2 Å². The summed E-state index contributed by atoms with van der Waals surface area (Å²) in [5.74, 6) is -0.376. The number of nitrogens with one attached hydrogen (secondary N) is 1. The van der Waals surface area contributed by atoms with E-state index in [2.05, 4.69) is 25.2 Å². The number of benzene rings is 1. The second-order valence-corrected chi connectivity index (χ2v) is 6.13. The topological polar surface area (TPSA) is 12.0 Å². The molecule has 1 N–H and O–H groups in total. The molecule has 0 aliphatic heterocycles. The maximum atomic E-state index is 13.5. The summed E-state index contributed by atoms with van der Waals surface area (Å²) in [5, 5.41) is 3.39. The Morgan fingerprint density at radius 3 is 2.50 bits per heavy atom. The highest BCUT2D eigenvalue weighted by molar-refractivity contribution is 7.12. The number of thiophene rings is 1. The minimum atomic E-state index is -0.376. The highest BCUT2D eigenvalue weighted by Crippen LogP contribution is 2.31. The highest BCUT2D eigenvalue weighted by Gasteiger charge is 2.17. The van der Waals surface area contributed by atoms with Gasteiger partial charge in [0.05, 0.1) is 11.1 Å². The van der Waals surface area contributed by atoms with Crippen molar-refractivity contribution in [3.8, 4) is 0 Å². The van der Waals surface area contributed by atoms with E-state index in [1.807, 2.05) is 13.1 Å². The molecule has 0 amide bonds. The van der Waals surface area contributed by atoms with Gasteiger partial charge in [0, 0.05) is 9.75 Å². The van der Waals surface area contributed by atoms with Gasteiger partial charge in [-0.25, -0.2) is 4.39 Å². The van der Waals surface area contributed by atoms with Gasteiger partial charge in [0.25, 0.3) is 0 Å². The molecule has 0 bridgehead atoms. The zero-order valence-electron chi connectivity index (χ0n) is 10.6. The average Bonchev–Trinajstić information content (AvgIpc) is 2.64. The summed E-state index contributed by atoms with van der Waals surface area (Å²) < 4.78 is 13.5. The molecule has 18 heavy (non-hydrogen) atoms. The Morgan fingerprint density at radius 2 is 2.00 bits per heavy atom. The zero-order chi connectivity index (χ0) is 13.3. The molecule has 0 radical (unpaired) electrons. The van der Waals surface area contributed by atoms with Crippen molar-refractivity contribution >= 4 is 22.9 Å². The lowest BCUT2D eigenvalue weighted by atomic mass is 9.99. The fourth-order valence-corrected chi connectivity index (χ4v) is 3.21. The van der Waals surface area contributed by atoms with Gasteiger partial charge in [-0.2, -0.15) is 0 Å². The summed E-state index contributed by atoms with van der Waals surface area (Å²) in [7, 11) is 1.88. The third-order valence-electron chi connectivity index (χ3n) is 2.96. The van der Waals surface area contributed by atoms with Gasteiger partial charge >= 0.3 is 0 Å². The van der Waals surface area contributed by atoms with Gasteiger partial charge in [0.2, 0.25) is 0 Å². The maximum absolute atomic E-state index is 13.5. The van der Waals surface area contributed by atoms with Crippen molar-refractivity contribution in [2.45, 2.75) is 19.9 Å². The van der Waals surface area contributed by atoms with Crippen LogP contribution in [-0.2, 0) is 0 Å². The molecular formula is C14H15ClFNS. The molecule has 1 atom stereocenters. The molecule has 1 nitrogen and oxygen atoms in total. The van der Waals surface area contributed by atoms with Crippen molar-refractivity contribution < 1.29 is 4.39 Å². The second-order valence-electron chi connectivity index (χ2n) is 4.26. The second kappa shape index (κ2) is 5.39. The van der Waals surface area contributed by atoms with Crippen LogP contribution in [0.25, 0.3) is 0 Å². The van der Waals surface area contributed by atoms with E-state index in [1.165, 1.54) is 21.4 Å². The lowest BCUT2D eigenvalue weighted by Gasteiger charge is -2.17. The van der Waals surface area contributed by atoms with Gasteiger partial charge in [0.15, 0.2) is 0 Å². The molecule has 0 spiro atoms. The Labute approximate surface area is 116 Å². The largest absolute Gasteiger partial charge is 0.309 e. The summed E-state index contributed by atoms with van der Waals surface area (Å²) in [6.45, 7) is 4.17. The Morgan fingerprint density at radius 1 is 1.28 bits per heavy atom. The van der Waals surface area contributed by atoms with Crippen LogP contribution in [0.3, 0.4) is 0 Å². The standard InChI is InChI=1S/C14H15ClFNS/c1-8-6-11(9(2)18-8)14(17-3)10-4-5-12(15)13(16)7-10/h4-7,14,17H,1-3H3. The molecule has 0 saturated carbocycles. The third-order valence-corrected chi connectivity index (χ3v) is 4.24. The van der Waals surface area contributed by atoms with E-state index in [4.69, 9.17) is 11.6 Å². The lowest BCUT2D eigenvalue weighted by Crippen LogP contribution is -2.18. The molecule has 96 valence electrons. The van der Waals surface area contributed by atoms with E-state index in [0.29, 0.717) is 0 Å². The van der Waals surface area contributed by atoms with Crippen molar-refractivity contribution in [2.75, 3.05) is 7.05 Å². The first-order chi connectivity index (χ1) is 8.52. The summed E-state index contributed by atoms with van der Waals surface area (Å²) in [5.41, 5.74) is 2.09. The maximum Gasteiger partial charge on any atom is 0.142 e. The van der Waals surface area contributed by atoms with Gasteiger partial charge < -0.3 is 5.32 Å². The molecule has 4 heteroatoms. The van der Waals surface area contributed by atoms with E-state index in [0.717, 1.165) is 5.56 Å². The zero-order valence-corrected chi connectivity index (χ0v) is 12.1. The lowest BCUT2D eigenvalue weighted by molar-refractivity contribution is 0.617. The van der Waals surface area contributed by atoms with Crippen LogP contribution in [0.5, 0.6) is 0 Å². The molecule has 1 aromatic heterocycles. The molecule has 0 aliphatic carbocycles. The Hall–Kier alpha value is -0.900. The summed E-state index contributed by atoms with van der Waals surface area (Å²) in [6.07, 6.45) is 0. The van der Waals surface area contributed by atoms with E-state index in [1.54, 1.807) is 17.4 Å². The highest BCUT2D eigenvalue weighted by atomic mass is 35.5. The van der Waals surface area contributed by atoms with Crippen LogP contribution in [0.1, 0.15) is 26.9 Å². The first-order valence-corrected chi connectivity index (χ1v) is 6.91. The molecule has 0 fully saturated rings. The van der Waals surface area contributed by atoms with Crippen molar-refractivity contribution in [1.29, 1.82) is 0 Å². The Bertz CT molecular complexity index is 565. The number of aryl methyl sites for hydroxylation is 2. The average molecular weight is 284 g/mol. The van der Waals surface area contributed by atoms with E-state index >= 15 is 0 Å². The van der Waals surface area contributed by atoms with Crippen molar-refractivity contribution in [3.05, 3.63) is 56.0 Å². The molecular weight excluding hydrogens is 269 g/mol.